The molecule has 0 spiro atoms. The number of nitrogens with zero attached hydrogens (tertiary/aromatic N) is 1. The van der Waals surface area contributed by atoms with Crippen molar-refractivity contribution in [3.05, 3.63) is 64.5 Å². The van der Waals surface area contributed by atoms with Gasteiger partial charge in [-0.05, 0) is 49.1 Å². The number of likely N-dealkylation sites (N-methyl/N-ethyl adjacent to an activating group) is 1. The second-order valence-corrected chi connectivity index (χ2v) is 7.29. The normalized spacial score (nSPS) is 23.7. The molecule has 1 aromatic carbocycles. The summed E-state index contributed by atoms with van der Waals surface area (Å²) >= 11 is 0. The summed E-state index contributed by atoms with van der Waals surface area (Å²) in [7, 11) is 2.23. The summed E-state index contributed by atoms with van der Waals surface area (Å²) < 4.78 is 6.36. The van der Waals surface area contributed by atoms with Gasteiger partial charge in [0.15, 0.2) is 0 Å². The number of likely N-dealkylation sites (tertiary alicyclic amines) is 1. The van der Waals surface area contributed by atoms with E-state index in [1.807, 2.05) is 0 Å². The standard InChI is InChI=1S/C21H25NO/c1-14(2)15-8-9-21-18(12-15)19-13-22(3)11-10-16(19)17-6-4-5-7-20(17)23-21/h4-5,7-9,12,14,19H,6,10-11,13H2,1-3H3/t19-/m0/s1. The monoisotopic (exact) mass is 307 g/mol. The van der Waals surface area contributed by atoms with Crippen LogP contribution in [0.1, 0.15) is 49.7 Å². The average molecular weight is 307 g/mol. The highest BCUT2D eigenvalue weighted by Gasteiger charge is 2.33. The molecule has 2 heteroatoms. The summed E-state index contributed by atoms with van der Waals surface area (Å²) in [5.74, 6) is 3.12. The summed E-state index contributed by atoms with van der Waals surface area (Å²) in [5.41, 5.74) is 5.80. The Morgan fingerprint density at radius 2 is 2.13 bits per heavy atom. The molecule has 0 N–H and O–H groups in total. The van der Waals surface area contributed by atoms with Crippen molar-refractivity contribution in [2.24, 2.45) is 0 Å². The lowest BCUT2D eigenvalue weighted by atomic mass is 9.80. The Morgan fingerprint density at radius 3 is 2.96 bits per heavy atom. The van der Waals surface area contributed by atoms with Gasteiger partial charge in [0.2, 0.25) is 0 Å². The Kier molecular flexibility index (Phi) is 3.65. The molecule has 2 heterocycles. The Balaban J connectivity index is 1.89. The molecule has 0 radical (unpaired) electrons. The maximum Gasteiger partial charge on any atom is 0.131 e. The number of hydrogen-bond donors (Lipinski definition) is 0. The zero-order valence-electron chi connectivity index (χ0n) is 14.3. The zero-order chi connectivity index (χ0) is 16.0. The lowest BCUT2D eigenvalue weighted by Crippen LogP contribution is -2.33. The summed E-state index contributed by atoms with van der Waals surface area (Å²) in [6.07, 6.45) is 8.66. The fourth-order valence-corrected chi connectivity index (χ4v) is 3.98. The molecule has 23 heavy (non-hydrogen) atoms. The highest BCUT2D eigenvalue weighted by Crippen LogP contribution is 2.45. The zero-order valence-corrected chi connectivity index (χ0v) is 14.3. The molecule has 1 atom stereocenters. The van der Waals surface area contributed by atoms with Gasteiger partial charge in [0.1, 0.15) is 11.5 Å². The lowest BCUT2D eigenvalue weighted by molar-refractivity contribution is 0.290. The van der Waals surface area contributed by atoms with Gasteiger partial charge in [-0.1, -0.05) is 43.7 Å². The molecule has 1 aromatic rings. The van der Waals surface area contributed by atoms with Gasteiger partial charge in [0.05, 0.1) is 0 Å². The van der Waals surface area contributed by atoms with E-state index in [0.29, 0.717) is 11.8 Å². The number of hydrogen-bond acceptors (Lipinski definition) is 2. The van der Waals surface area contributed by atoms with Crippen LogP contribution in [0.3, 0.4) is 0 Å². The van der Waals surface area contributed by atoms with Gasteiger partial charge in [0.25, 0.3) is 0 Å². The molecule has 0 bridgehead atoms. The SMILES string of the molecule is CC(C)c1ccc2c(c1)[C@H]1CN(C)CCC1=C1CC=CC=C1O2. The topological polar surface area (TPSA) is 12.5 Å². The second kappa shape index (κ2) is 5.68. The number of ether oxygens (including phenoxy) is 1. The molecule has 3 aliphatic rings. The predicted octanol–water partition coefficient (Wildman–Crippen LogP) is 4.76. The van der Waals surface area contributed by atoms with E-state index >= 15 is 0 Å². The van der Waals surface area contributed by atoms with Crippen molar-refractivity contribution in [1.82, 2.24) is 4.90 Å². The van der Waals surface area contributed by atoms with Crippen molar-refractivity contribution in [2.45, 2.75) is 38.5 Å². The molecule has 1 fully saturated rings. The Morgan fingerprint density at radius 1 is 1.26 bits per heavy atom. The highest BCUT2D eigenvalue weighted by molar-refractivity contribution is 5.54. The van der Waals surface area contributed by atoms with Gasteiger partial charge in [-0.2, -0.15) is 0 Å². The lowest BCUT2D eigenvalue weighted by Gasteiger charge is -2.33. The van der Waals surface area contributed by atoms with Crippen LogP contribution in [0.4, 0.5) is 0 Å². The van der Waals surface area contributed by atoms with Gasteiger partial charge >= 0.3 is 0 Å². The third-order valence-corrected chi connectivity index (χ3v) is 5.36. The first-order valence-electron chi connectivity index (χ1n) is 8.73. The van der Waals surface area contributed by atoms with Gasteiger partial charge in [-0.3, -0.25) is 0 Å². The third-order valence-electron chi connectivity index (χ3n) is 5.36. The predicted molar refractivity (Wildman–Crippen MR) is 94.9 cm³/mol. The van der Waals surface area contributed by atoms with Crippen LogP contribution in [-0.2, 0) is 0 Å². The van der Waals surface area contributed by atoms with Crippen LogP contribution >= 0.6 is 0 Å². The van der Waals surface area contributed by atoms with E-state index in [1.54, 1.807) is 5.57 Å². The second-order valence-electron chi connectivity index (χ2n) is 7.29. The van der Waals surface area contributed by atoms with Crippen LogP contribution in [0, 0.1) is 0 Å². The fourth-order valence-electron chi connectivity index (χ4n) is 3.98. The molecule has 0 unspecified atom stereocenters. The van der Waals surface area contributed by atoms with Gasteiger partial charge in [-0.15, -0.1) is 0 Å². The van der Waals surface area contributed by atoms with Crippen LogP contribution in [-0.4, -0.2) is 25.0 Å². The molecule has 1 saturated heterocycles. The first-order chi connectivity index (χ1) is 11.1. The van der Waals surface area contributed by atoms with Crippen molar-refractivity contribution in [3.8, 4) is 5.75 Å². The Hall–Kier alpha value is -1.80. The van der Waals surface area contributed by atoms with E-state index < -0.39 is 0 Å². The molecule has 4 rings (SSSR count). The van der Waals surface area contributed by atoms with Crippen molar-refractivity contribution < 1.29 is 4.74 Å². The smallest absolute Gasteiger partial charge is 0.131 e. The molecule has 0 amide bonds. The summed E-state index contributed by atoms with van der Waals surface area (Å²) in [4.78, 5) is 2.45. The average Bonchev–Trinajstić information content (AvgIpc) is 2.68. The number of piperidine rings is 1. The minimum atomic E-state index is 0.467. The Labute approximate surface area is 139 Å². The highest BCUT2D eigenvalue weighted by atomic mass is 16.5. The first-order valence-corrected chi connectivity index (χ1v) is 8.73. The molecule has 120 valence electrons. The number of fused-ring (bicyclic) bond motifs is 4. The van der Waals surface area contributed by atoms with Gasteiger partial charge < -0.3 is 9.64 Å². The van der Waals surface area contributed by atoms with Crippen molar-refractivity contribution in [3.63, 3.8) is 0 Å². The van der Waals surface area contributed by atoms with Crippen molar-refractivity contribution in [2.75, 3.05) is 20.1 Å². The molecule has 2 aliphatic heterocycles. The molecule has 2 nitrogen and oxygen atoms in total. The van der Waals surface area contributed by atoms with Crippen molar-refractivity contribution in [1.29, 1.82) is 0 Å². The maximum absolute atomic E-state index is 6.36. The molecule has 0 saturated carbocycles. The Bertz CT molecular complexity index is 723. The van der Waals surface area contributed by atoms with Crippen LogP contribution < -0.4 is 4.74 Å². The van der Waals surface area contributed by atoms with Gasteiger partial charge in [0, 0.05) is 24.6 Å². The van der Waals surface area contributed by atoms with Gasteiger partial charge in [-0.25, -0.2) is 0 Å². The molecular formula is C21H25NO. The largest absolute Gasteiger partial charge is 0.457 e. The summed E-state index contributed by atoms with van der Waals surface area (Å²) in [6, 6.07) is 6.79. The summed E-state index contributed by atoms with van der Waals surface area (Å²) in [6.45, 7) is 6.76. The van der Waals surface area contributed by atoms with Crippen LogP contribution in [0.2, 0.25) is 0 Å². The number of allylic oxidation sites excluding steroid dienone is 4. The van der Waals surface area contributed by atoms with Crippen LogP contribution in [0.25, 0.3) is 0 Å². The van der Waals surface area contributed by atoms with E-state index in [0.717, 1.165) is 37.4 Å². The van der Waals surface area contributed by atoms with Crippen molar-refractivity contribution >= 4 is 0 Å². The number of rotatable bonds is 1. The fraction of sp³-hybridized carbons (Fsp3) is 0.429. The van der Waals surface area contributed by atoms with E-state index in [4.69, 9.17) is 4.74 Å². The third kappa shape index (κ3) is 2.55. The molecular weight excluding hydrogens is 282 g/mol. The van der Waals surface area contributed by atoms with E-state index in [9.17, 15) is 0 Å². The number of benzene rings is 1. The minimum absolute atomic E-state index is 0.467. The molecule has 1 aliphatic carbocycles. The van der Waals surface area contributed by atoms with E-state index in [-0.39, 0.29) is 0 Å². The van der Waals surface area contributed by atoms with E-state index in [1.165, 1.54) is 16.7 Å². The maximum atomic E-state index is 6.36. The molecule has 0 aromatic heterocycles. The minimum Gasteiger partial charge on any atom is -0.457 e. The first kappa shape index (κ1) is 14.8. The summed E-state index contributed by atoms with van der Waals surface area (Å²) in [5, 5.41) is 0. The quantitative estimate of drug-likeness (QED) is 0.741. The van der Waals surface area contributed by atoms with E-state index in [2.05, 4.69) is 62.2 Å². The van der Waals surface area contributed by atoms with Crippen LogP contribution in [0.15, 0.2) is 53.3 Å². The van der Waals surface area contributed by atoms with Crippen LogP contribution in [0.5, 0.6) is 5.75 Å².